The summed E-state index contributed by atoms with van der Waals surface area (Å²) in [4.78, 5) is 12.5. The van der Waals surface area contributed by atoms with Crippen molar-refractivity contribution < 1.29 is 28.2 Å². The summed E-state index contributed by atoms with van der Waals surface area (Å²) in [5, 5.41) is 12.2. The minimum Gasteiger partial charge on any atom is -0.491 e. The Labute approximate surface area is 188 Å². The van der Waals surface area contributed by atoms with Crippen LogP contribution >= 0.6 is 0 Å². The number of aliphatic hydroxyl groups is 1. The van der Waals surface area contributed by atoms with Gasteiger partial charge in [0.25, 0.3) is 0 Å². The molecular weight excluding hydrogens is 416 g/mol. The Morgan fingerprint density at radius 2 is 1.72 bits per heavy atom. The first kappa shape index (κ1) is 25.6. The number of ether oxygens (including phenoxy) is 2. The van der Waals surface area contributed by atoms with Crippen LogP contribution in [0.25, 0.3) is 0 Å². The van der Waals surface area contributed by atoms with Gasteiger partial charge in [-0.1, -0.05) is 30.3 Å². The summed E-state index contributed by atoms with van der Waals surface area (Å²) in [5.74, 6) is -1.48. The van der Waals surface area contributed by atoms with Gasteiger partial charge in [0.2, 0.25) is 0 Å². The second-order valence-electron chi connectivity index (χ2n) is 8.82. The zero-order valence-electron chi connectivity index (χ0n) is 18.9. The lowest BCUT2D eigenvalue weighted by molar-refractivity contribution is 0.0454. The first-order valence-electron chi connectivity index (χ1n) is 10.9. The molecule has 0 saturated carbocycles. The Hall–Kier alpha value is -2.67. The topological polar surface area (TPSA) is 67.8 Å². The molecular formula is C25H33F2NO4. The van der Waals surface area contributed by atoms with E-state index in [1.807, 2.05) is 30.3 Å². The molecule has 2 rings (SSSR count). The maximum absolute atomic E-state index is 13.5. The summed E-state index contributed by atoms with van der Waals surface area (Å²) >= 11 is 0. The molecule has 7 heteroatoms. The van der Waals surface area contributed by atoms with Crippen LogP contribution in [0.4, 0.5) is 13.6 Å². The second kappa shape index (κ2) is 12.4. The highest BCUT2D eigenvalue weighted by atomic mass is 19.1. The van der Waals surface area contributed by atoms with Gasteiger partial charge in [-0.2, -0.15) is 0 Å². The number of hydrogen-bond acceptors (Lipinski definition) is 4. The first-order chi connectivity index (χ1) is 15.2. The minimum absolute atomic E-state index is 0.00697. The van der Waals surface area contributed by atoms with Crippen LogP contribution < -0.4 is 10.1 Å². The van der Waals surface area contributed by atoms with Crippen molar-refractivity contribution in [3.8, 4) is 5.75 Å². The van der Waals surface area contributed by atoms with Crippen LogP contribution in [0.2, 0.25) is 0 Å². The van der Waals surface area contributed by atoms with Crippen molar-refractivity contribution in [2.24, 2.45) is 5.92 Å². The molecule has 0 bridgehead atoms. The Bertz CT molecular complexity index is 819. The lowest BCUT2D eigenvalue weighted by Gasteiger charge is -2.29. The molecule has 1 amide bonds. The maximum Gasteiger partial charge on any atom is 0.408 e. The fraction of sp³-hybridized carbons (Fsp3) is 0.480. The monoisotopic (exact) mass is 449 g/mol. The van der Waals surface area contributed by atoms with E-state index in [1.165, 1.54) is 0 Å². The molecule has 0 aliphatic heterocycles. The highest BCUT2D eigenvalue weighted by Crippen LogP contribution is 2.22. The van der Waals surface area contributed by atoms with Crippen LogP contribution in [0, 0.1) is 17.6 Å². The molecule has 176 valence electrons. The predicted octanol–water partition coefficient (Wildman–Crippen LogP) is 5.26. The number of hydrogen-bond donors (Lipinski definition) is 2. The molecule has 2 unspecified atom stereocenters. The van der Waals surface area contributed by atoms with E-state index in [1.54, 1.807) is 20.8 Å². The molecule has 0 radical (unpaired) electrons. The van der Waals surface area contributed by atoms with Crippen molar-refractivity contribution in [2.75, 3.05) is 13.2 Å². The van der Waals surface area contributed by atoms with Crippen LogP contribution in [-0.4, -0.2) is 36.1 Å². The molecule has 2 aromatic carbocycles. The average Bonchev–Trinajstić information content (AvgIpc) is 2.70. The van der Waals surface area contributed by atoms with E-state index in [2.05, 4.69) is 5.32 Å². The van der Waals surface area contributed by atoms with Crippen molar-refractivity contribution in [1.82, 2.24) is 5.32 Å². The van der Waals surface area contributed by atoms with E-state index in [9.17, 15) is 18.7 Å². The molecule has 0 aliphatic carbocycles. The number of aryl methyl sites for hydroxylation is 1. The lowest BCUT2D eigenvalue weighted by Crippen LogP contribution is -2.46. The van der Waals surface area contributed by atoms with Crippen LogP contribution in [0.1, 0.15) is 45.6 Å². The molecule has 2 aromatic rings. The van der Waals surface area contributed by atoms with E-state index in [4.69, 9.17) is 9.47 Å². The molecule has 0 spiro atoms. The number of alkyl carbamates (subject to hydrolysis) is 1. The zero-order valence-corrected chi connectivity index (χ0v) is 18.9. The molecule has 2 atom stereocenters. The van der Waals surface area contributed by atoms with E-state index >= 15 is 0 Å². The summed E-state index contributed by atoms with van der Waals surface area (Å²) in [7, 11) is 0. The highest BCUT2D eigenvalue weighted by Gasteiger charge is 2.26. The molecule has 0 heterocycles. The number of halogens is 2. The summed E-state index contributed by atoms with van der Waals surface area (Å²) in [6.45, 7) is 5.34. The Balaban J connectivity index is 2.16. The quantitative estimate of drug-likeness (QED) is 0.491. The predicted molar refractivity (Wildman–Crippen MR) is 120 cm³/mol. The van der Waals surface area contributed by atoms with Gasteiger partial charge in [0.1, 0.15) is 29.6 Å². The van der Waals surface area contributed by atoms with Gasteiger partial charge in [-0.25, -0.2) is 13.6 Å². The number of carbonyl (C=O) groups excluding carboxylic acids is 1. The highest BCUT2D eigenvalue weighted by molar-refractivity contribution is 5.68. The van der Waals surface area contributed by atoms with Gasteiger partial charge in [0.05, 0.1) is 6.04 Å². The van der Waals surface area contributed by atoms with E-state index in [-0.39, 0.29) is 24.9 Å². The molecule has 0 saturated heterocycles. The van der Waals surface area contributed by atoms with Crippen LogP contribution in [0.3, 0.4) is 0 Å². The van der Waals surface area contributed by atoms with Gasteiger partial charge in [0.15, 0.2) is 0 Å². The molecule has 0 aliphatic rings. The van der Waals surface area contributed by atoms with Gasteiger partial charge in [0, 0.05) is 24.8 Å². The van der Waals surface area contributed by atoms with E-state index in [0.29, 0.717) is 12.8 Å². The largest absolute Gasteiger partial charge is 0.491 e. The smallest absolute Gasteiger partial charge is 0.408 e. The van der Waals surface area contributed by atoms with Gasteiger partial charge in [-0.3, -0.25) is 0 Å². The minimum atomic E-state index is -0.738. The second-order valence-corrected chi connectivity index (χ2v) is 8.82. The van der Waals surface area contributed by atoms with Gasteiger partial charge >= 0.3 is 6.09 Å². The fourth-order valence-electron chi connectivity index (χ4n) is 3.45. The third-order valence-corrected chi connectivity index (χ3v) is 4.92. The standard InChI is InChI=1S/C25H33F2NO4/c1-25(2,3)32-24(30)28-23(17-31-22-15-20(26)14-21(27)16-22)19(10-7-13-29)12-11-18-8-5-4-6-9-18/h4-6,8-9,14-16,19,23,29H,7,10-13,17H2,1-3H3,(H,28,30). The Morgan fingerprint density at radius 1 is 1.06 bits per heavy atom. The normalized spacial score (nSPS) is 13.3. The third kappa shape index (κ3) is 9.64. The van der Waals surface area contributed by atoms with Crippen LogP contribution in [-0.2, 0) is 11.2 Å². The number of rotatable bonds is 11. The maximum atomic E-state index is 13.5. The first-order valence-corrected chi connectivity index (χ1v) is 10.9. The van der Waals surface area contributed by atoms with Crippen LogP contribution in [0.5, 0.6) is 5.75 Å². The number of carbonyl (C=O) groups is 1. The number of amides is 1. The molecule has 0 aromatic heterocycles. The van der Waals surface area contributed by atoms with Crippen molar-refractivity contribution in [1.29, 1.82) is 0 Å². The van der Waals surface area contributed by atoms with Crippen molar-refractivity contribution >= 4 is 6.09 Å². The number of benzene rings is 2. The summed E-state index contributed by atoms with van der Waals surface area (Å²) in [5.41, 5.74) is 0.483. The molecule has 2 N–H and O–H groups in total. The Morgan fingerprint density at radius 3 is 2.31 bits per heavy atom. The van der Waals surface area contributed by atoms with Gasteiger partial charge in [-0.15, -0.1) is 0 Å². The SMILES string of the molecule is CC(C)(C)OC(=O)NC(COc1cc(F)cc(F)c1)C(CCCO)CCc1ccccc1. The van der Waals surface area contributed by atoms with Crippen LogP contribution in [0.15, 0.2) is 48.5 Å². The van der Waals surface area contributed by atoms with E-state index < -0.39 is 29.4 Å². The zero-order chi connectivity index (χ0) is 23.6. The van der Waals surface area contributed by atoms with Gasteiger partial charge < -0.3 is 19.9 Å². The Kier molecular flexibility index (Phi) is 9.91. The van der Waals surface area contributed by atoms with Crippen molar-refractivity contribution in [2.45, 2.75) is 58.1 Å². The average molecular weight is 450 g/mol. The lowest BCUT2D eigenvalue weighted by atomic mass is 9.89. The van der Waals surface area contributed by atoms with Gasteiger partial charge in [-0.05, 0) is 57.9 Å². The third-order valence-electron chi connectivity index (χ3n) is 4.92. The number of nitrogens with one attached hydrogen (secondary N) is 1. The number of aliphatic hydroxyl groups excluding tert-OH is 1. The molecule has 0 fully saturated rings. The van der Waals surface area contributed by atoms with E-state index in [0.717, 1.165) is 36.6 Å². The van der Waals surface area contributed by atoms with Crippen molar-refractivity contribution in [3.05, 3.63) is 65.7 Å². The van der Waals surface area contributed by atoms with Crippen molar-refractivity contribution in [3.63, 3.8) is 0 Å². The summed E-state index contributed by atoms with van der Waals surface area (Å²) in [6, 6.07) is 12.4. The summed E-state index contributed by atoms with van der Waals surface area (Å²) < 4.78 is 38.2. The summed E-state index contributed by atoms with van der Waals surface area (Å²) in [6.07, 6.45) is 2.11. The molecule has 5 nitrogen and oxygen atoms in total. The molecule has 32 heavy (non-hydrogen) atoms. The fourth-order valence-corrected chi connectivity index (χ4v) is 3.45.